The van der Waals surface area contributed by atoms with E-state index in [0.717, 1.165) is 12.0 Å². The summed E-state index contributed by atoms with van der Waals surface area (Å²) in [5.41, 5.74) is 1.09. The first kappa shape index (κ1) is 14.9. The van der Waals surface area contributed by atoms with Crippen molar-refractivity contribution in [3.63, 3.8) is 0 Å². The molecule has 1 saturated carbocycles. The molecule has 5 heteroatoms. The third-order valence-corrected chi connectivity index (χ3v) is 3.74. The molecule has 0 heterocycles. The van der Waals surface area contributed by atoms with Gasteiger partial charge in [-0.3, -0.25) is 9.59 Å². The fourth-order valence-corrected chi connectivity index (χ4v) is 2.50. The van der Waals surface area contributed by atoms with E-state index in [0.29, 0.717) is 11.6 Å². The smallest absolute Gasteiger partial charge is 0.242 e. The first-order valence-corrected chi connectivity index (χ1v) is 7.24. The minimum absolute atomic E-state index is 0.0506. The lowest BCUT2D eigenvalue weighted by Crippen LogP contribution is -2.45. The molecule has 0 aliphatic heterocycles. The quantitative estimate of drug-likeness (QED) is 0.873. The van der Waals surface area contributed by atoms with Crippen molar-refractivity contribution in [2.75, 3.05) is 6.54 Å². The fourth-order valence-electron chi connectivity index (χ4n) is 2.30. The molecule has 20 heavy (non-hydrogen) atoms. The summed E-state index contributed by atoms with van der Waals surface area (Å²) >= 11 is 5.95. The molecule has 2 N–H and O–H groups in total. The van der Waals surface area contributed by atoms with Crippen molar-refractivity contribution in [2.24, 2.45) is 5.92 Å². The zero-order valence-electron chi connectivity index (χ0n) is 11.7. The van der Waals surface area contributed by atoms with Gasteiger partial charge in [0.25, 0.3) is 0 Å². The molecule has 0 aromatic heterocycles. The van der Waals surface area contributed by atoms with Crippen LogP contribution in [0, 0.1) is 5.92 Å². The second kappa shape index (κ2) is 6.27. The number of benzene rings is 1. The Kier molecular flexibility index (Phi) is 4.65. The van der Waals surface area contributed by atoms with E-state index < -0.39 is 6.04 Å². The predicted octanol–water partition coefficient (Wildman–Crippen LogP) is 2.08. The Hall–Kier alpha value is -1.55. The van der Waals surface area contributed by atoms with Crippen LogP contribution in [-0.2, 0) is 9.59 Å². The van der Waals surface area contributed by atoms with Gasteiger partial charge >= 0.3 is 0 Å². The highest BCUT2D eigenvalue weighted by Gasteiger charge is 2.44. The first-order valence-electron chi connectivity index (χ1n) is 6.86. The van der Waals surface area contributed by atoms with Gasteiger partial charge in [0.05, 0.1) is 0 Å². The molecule has 0 radical (unpaired) electrons. The summed E-state index contributed by atoms with van der Waals surface area (Å²) in [6.07, 6.45) is 0.814. The molecule has 1 fully saturated rings. The average molecular weight is 295 g/mol. The van der Waals surface area contributed by atoms with Crippen LogP contribution in [-0.4, -0.2) is 24.4 Å². The van der Waals surface area contributed by atoms with Crippen LogP contribution in [0.2, 0.25) is 5.02 Å². The topological polar surface area (TPSA) is 58.2 Å². The number of halogens is 1. The van der Waals surface area contributed by atoms with Gasteiger partial charge in [0.15, 0.2) is 0 Å². The lowest BCUT2D eigenvalue weighted by atomic mass is 10.1. The van der Waals surface area contributed by atoms with Crippen LogP contribution in [0.15, 0.2) is 24.3 Å². The van der Waals surface area contributed by atoms with Crippen LogP contribution in [0.25, 0.3) is 0 Å². The van der Waals surface area contributed by atoms with E-state index in [1.807, 2.05) is 31.2 Å². The molecule has 3 atom stereocenters. The highest BCUT2D eigenvalue weighted by molar-refractivity contribution is 6.30. The van der Waals surface area contributed by atoms with E-state index in [-0.39, 0.29) is 23.7 Å². The van der Waals surface area contributed by atoms with Gasteiger partial charge in [-0.1, -0.05) is 23.7 Å². The van der Waals surface area contributed by atoms with E-state index in [9.17, 15) is 9.59 Å². The molecule has 1 aliphatic rings. The Morgan fingerprint density at radius 3 is 2.85 bits per heavy atom. The van der Waals surface area contributed by atoms with Crippen LogP contribution in [0.3, 0.4) is 0 Å². The maximum absolute atomic E-state index is 12.1. The van der Waals surface area contributed by atoms with Crippen molar-refractivity contribution >= 4 is 23.4 Å². The number of likely N-dealkylation sites (N-methyl/N-ethyl adjacent to an activating group) is 1. The molecule has 3 unspecified atom stereocenters. The third-order valence-electron chi connectivity index (χ3n) is 3.51. The summed E-state index contributed by atoms with van der Waals surface area (Å²) in [5.74, 6) is -0.0463. The summed E-state index contributed by atoms with van der Waals surface area (Å²) in [6.45, 7) is 4.11. The second-order valence-electron chi connectivity index (χ2n) is 5.13. The van der Waals surface area contributed by atoms with Gasteiger partial charge in [0, 0.05) is 17.5 Å². The maximum atomic E-state index is 12.1. The molecule has 0 spiro atoms. The lowest BCUT2D eigenvalue weighted by molar-refractivity contribution is -0.129. The van der Waals surface area contributed by atoms with Crippen molar-refractivity contribution in [1.29, 1.82) is 0 Å². The fraction of sp³-hybridized carbons (Fsp3) is 0.467. The minimum atomic E-state index is -0.497. The zero-order chi connectivity index (χ0) is 14.7. The van der Waals surface area contributed by atoms with Crippen molar-refractivity contribution in [3.05, 3.63) is 34.9 Å². The number of nitrogens with one attached hydrogen (secondary N) is 2. The largest absolute Gasteiger partial charge is 0.355 e. The SMILES string of the molecule is CCNC(=O)C(C)NC(=O)C1CC1c1cccc(Cl)c1. The summed E-state index contributed by atoms with van der Waals surface area (Å²) in [7, 11) is 0. The normalized spacial score (nSPS) is 21.9. The van der Waals surface area contributed by atoms with Crippen LogP contribution >= 0.6 is 11.6 Å². The number of hydrogen-bond donors (Lipinski definition) is 2. The van der Waals surface area contributed by atoms with Gasteiger partial charge in [-0.2, -0.15) is 0 Å². The highest BCUT2D eigenvalue weighted by Crippen LogP contribution is 2.47. The second-order valence-corrected chi connectivity index (χ2v) is 5.56. The van der Waals surface area contributed by atoms with Gasteiger partial charge in [-0.05, 0) is 43.9 Å². The standard InChI is InChI=1S/C15H19ClN2O2/c1-3-17-14(19)9(2)18-15(20)13-8-12(13)10-5-4-6-11(16)7-10/h4-7,9,12-13H,3,8H2,1-2H3,(H,17,19)(H,18,20). The molecular weight excluding hydrogens is 276 g/mol. The molecule has 108 valence electrons. The van der Waals surface area contributed by atoms with Gasteiger partial charge in [-0.25, -0.2) is 0 Å². The summed E-state index contributed by atoms with van der Waals surface area (Å²) in [5, 5.41) is 6.13. The van der Waals surface area contributed by atoms with Gasteiger partial charge in [0.1, 0.15) is 6.04 Å². The summed E-state index contributed by atoms with van der Waals surface area (Å²) in [4.78, 5) is 23.6. The van der Waals surface area contributed by atoms with Crippen molar-refractivity contribution < 1.29 is 9.59 Å². The van der Waals surface area contributed by atoms with Crippen LogP contribution in [0.1, 0.15) is 31.7 Å². The van der Waals surface area contributed by atoms with E-state index in [4.69, 9.17) is 11.6 Å². The Bertz CT molecular complexity index is 518. The summed E-state index contributed by atoms with van der Waals surface area (Å²) < 4.78 is 0. The van der Waals surface area contributed by atoms with E-state index in [2.05, 4.69) is 10.6 Å². The molecule has 0 bridgehead atoms. The number of hydrogen-bond acceptors (Lipinski definition) is 2. The average Bonchev–Trinajstić information content (AvgIpc) is 3.19. The number of rotatable bonds is 5. The first-order chi connectivity index (χ1) is 9.52. The van der Waals surface area contributed by atoms with Crippen LogP contribution in [0.5, 0.6) is 0 Å². The zero-order valence-corrected chi connectivity index (χ0v) is 12.4. The van der Waals surface area contributed by atoms with E-state index in [1.54, 1.807) is 6.92 Å². The van der Waals surface area contributed by atoms with E-state index >= 15 is 0 Å². The Labute approximate surface area is 123 Å². The van der Waals surface area contributed by atoms with Gasteiger partial charge < -0.3 is 10.6 Å². The van der Waals surface area contributed by atoms with Crippen molar-refractivity contribution in [2.45, 2.75) is 32.2 Å². The monoisotopic (exact) mass is 294 g/mol. The van der Waals surface area contributed by atoms with Crippen molar-refractivity contribution in [3.8, 4) is 0 Å². The lowest BCUT2D eigenvalue weighted by Gasteiger charge is -2.13. The molecule has 4 nitrogen and oxygen atoms in total. The number of carbonyl (C=O) groups excluding carboxylic acids is 2. The van der Waals surface area contributed by atoms with Gasteiger partial charge in [0.2, 0.25) is 11.8 Å². The van der Waals surface area contributed by atoms with Crippen LogP contribution in [0.4, 0.5) is 0 Å². The number of amides is 2. The molecular formula is C15H19ClN2O2. The molecule has 0 saturated heterocycles. The highest BCUT2D eigenvalue weighted by atomic mass is 35.5. The van der Waals surface area contributed by atoms with E-state index in [1.165, 1.54) is 0 Å². The van der Waals surface area contributed by atoms with Crippen molar-refractivity contribution in [1.82, 2.24) is 10.6 Å². The molecule has 2 rings (SSSR count). The Balaban J connectivity index is 1.88. The third kappa shape index (κ3) is 3.51. The summed E-state index contributed by atoms with van der Waals surface area (Å²) in [6, 6.07) is 7.09. The molecule has 1 aromatic rings. The Morgan fingerprint density at radius 1 is 1.45 bits per heavy atom. The molecule has 2 amide bonds. The molecule has 1 aliphatic carbocycles. The number of carbonyl (C=O) groups is 2. The molecule has 1 aromatic carbocycles. The van der Waals surface area contributed by atoms with Gasteiger partial charge in [-0.15, -0.1) is 0 Å². The Morgan fingerprint density at radius 2 is 2.20 bits per heavy atom. The minimum Gasteiger partial charge on any atom is -0.355 e. The predicted molar refractivity (Wildman–Crippen MR) is 78.6 cm³/mol. The maximum Gasteiger partial charge on any atom is 0.242 e. The van der Waals surface area contributed by atoms with Crippen LogP contribution < -0.4 is 10.6 Å².